The van der Waals surface area contributed by atoms with Gasteiger partial charge in [-0.2, -0.15) is 0 Å². The van der Waals surface area contributed by atoms with E-state index in [4.69, 9.17) is 16.0 Å². The second-order valence-electron chi connectivity index (χ2n) is 12.9. The number of hydrogen-bond donors (Lipinski definition) is 1. The molecule has 4 atom stereocenters. The summed E-state index contributed by atoms with van der Waals surface area (Å²) in [5.74, 6) is -1.35. The largest absolute Gasteiger partial charge is 0.367 e. The van der Waals surface area contributed by atoms with Gasteiger partial charge < -0.3 is 20.3 Å². The Bertz CT molecular complexity index is 1180. The van der Waals surface area contributed by atoms with E-state index in [0.717, 1.165) is 37.5 Å². The lowest BCUT2D eigenvalue weighted by atomic mass is 9.77. The third-order valence-corrected chi connectivity index (χ3v) is 9.06. The zero-order valence-corrected chi connectivity index (χ0v) is 23.2. The Labute approximate surface area is 229 Å². The minimum absolute atomic E-state index is 0.107. The number of primary amides is 1. The molecular formula is C29H40N6O4. The van der Waals surface area contributed by atoms with Crippen molar-refractivity contribution in [2.45, 2.75) is 95.4 Å². The maximum Gasteiger partial charge on any atom is 0.249 e. The summed E-state index contributed by atoms with van der Waals surface area (Å²) in [6.45, 7) is 8.28. The maximum absolute atomic E-state index is 14.3. The fourth-order valence-electron chi connectivity index (χ4n) is 6.87. The molecule has 10 nitrogen and oxygen atoms in total. The van der Waals surface area contributed by atoms with E-state index < -0.39 is 30.0 Å². The van der Waals surface area contributed by atoms with Crippen LogP contribution < -0.4 is 5.73 Å². The number of amides is 2. The molecule has 0 radical (unpaired) electrons. The molecule has 1 saturated carbocycles. The van der Waals surface area contributed by atoms with Crippen LogP contribution in [-0.4, -0.2) is 77.9 Å². The number of ether oxygens (including phenoxy) is 1. The van der Waals surface area contributed by atoms with Gasteiger partial charge in [-0.1, -0.05) is 44.4 Å². The van der Waals surface area contributed by atoms with Crippen LogP contribution in [0.25, 0.3) is 10.4 Å². The van der Waals surface area contributed by atoms with Crippen molar-refractivity contribution >= 4 is 17.6 Å². The summed E-state index contributed by atoms with van der Waals surface area (Å²) in [7, 11) is 0. The standard InChI is InChI=1S/C29H40N6O4/c1-29(2,3)14-22(28(38)35-15-23(32-33-31)26-25(35)24(36)16-39-26)21-13-18(7-8-20(21)27(30)37)17-9-11-34(12-10-17)19-5-4-6-19/h7-8,13,17,19,22-23,25-26H,4-6,9-12,14-16H2,1-3H3,(H2,30,37)/t22-,23+,25+,26+/m0/s1. The molecule has 2 N–H and O–H groups in total. The second-order valence-corrected chi connectivity index (χ2v) is 12.9. The Balaban J connectivity index is 1.47. The molecule has 1 aromatic carbocycles. The van der Waals surface area contributed by atoms with Crippen LogP contribution in [-0.2, 0) is 14.3 Å². The number of likely N-dealkylation sites (tertiary alicyclic amines) is 2. The first kappa shape index (κ1) is 27.6. The summed E-state index contributed by atoms with van der Waals surface area (Å²) >= 11 is 0. The third-order valence-electron chi connectivity index (χ3n) is 9.06. The molecule has 1 aromatic rings. The van der Waals surface area contributed by atoms with Crippen molar-refractivity contribution in [2.75, 3.05) is 26.2 Å². The molecule has 0 bridgehead atoms. The fourth-order valence-corrected chi connectivity index (χ4v) is 6.87. The Kier molecular flexibility index (Phi) is 7.73. The van der Waals surface area contributed by atoms with Crippen LogP contribution in [0, 0.1) is 5.41 Å². The molecule has 5 rings (SSSR count). The number of nitrogens with two attached hydrogens (primary N) is 1. The van der Waals surface area contributed by atoms with Crippen molar-refractivity contribution in [1.82, 2.24) is 9.80 Å². The first-order chi connectivity index (χ1) is 18.6. The lowest BCUT2D eigenvalue weighted by Crippen LogP contribution is -2.45. The first-order valence-corrected chi connectivity index (χ1v) is 14.2. The number of benzene rings is 1. The lowest BCUT2D eigenvalue weighted by Gasteiger charge is -2.42. The van der Waals surface area contributed by atoms with Crippen molar-refractivity contribution in [1.29, 1.82) is 0 Å². The van der Waals surface area contributed by atoms with Crippen LogP contribution in [0.2, 0.25) is 0 Å². The van der Waals surface area contributed by atoms with Gasteiger partial charge in [-0.25, -0.2) is 0 Å². The summed E-state index contributed by atoms with van der Waals surface area (Å²) in [5.41, 5.74) is 16.7. The Hall–Kier alpha value is -2.94. The molecule has 3 aliphatic heterocycles. The Morgan fingerprint density at radius 3 is 2.51 bits per heavy atom. The average Bonchev–Trinajstić information content (AvgIpc) is 3.41. The molecule has 3 heterocycles. The molecule has 3 saturated heterocycles. The minimum atomic E-state index is -0.786. The van der Waals surface area contributed by atoms with Gasteiger partial charge in [0.25, 0.3) is 0 Å². The highest BCUT2D eigenvalue weighted by Gasteiger charge is 2.53. The molecule has 2 amide bonds. The summed E-state index contributed by atoms with van der Waals surface area (Å²) in [4.78, 5) is 46.7. The van der Waals surface area contributed by atoms with Gasteiger partial charge in [0.1, 0.15) is 12.6 Å². The smallest absolute Gasteiger partial charge is 0.249 e. The molecule has 4 aliphatic rings. The predicted molar refractivity (Wildman–Crippen MR) is 146 cm³/mol. The summed E-state index contributed by atoms with van der Waals surface area (Å²) in [6.07, 6.45) is 5.82. The Morgan fingerprint density at radius 2 is 1.92 bits per heavy atom. The van der Waals surface area contributed by atoms with Crippen molar-refractivity contribution in [3.8, 4) is 0 Å². The normalized spacial score (nSPS) is 27.1. The maximum atomic E-state index is 14.3. The molecule has 0 unspecified atom stereocenters. The van der Waals surface area contributed by atoms with E-state index in [-0.39, 0.29) is 30.3 Å². The van der Waals surface area contributed by atoms with Gasteiger partial charge in [0.15, 0.2) is 5.78 Å². The number of hydrogen-bond acceptors (Lipinski definition) is 6. The number of carbonyl (C=O) groups is 3. The molecule has 10 heteroatoms. The number of ketones is 1. The molecule has 39 heavy (non-hydrogen) atoms. The zero-order valence-electron chi connectivity index (χ0n) is 23.2. The number of carbonyl (C=O) groups excluding carboxylic acids is 3. The van der Waals surface area contributed by atoms with Crippen LogP contribution in [0.15, 0.2) is 23.3 Å². The Morgan fingerprint density at radius 1 is 1.21 bits per heavy atom. The second kappa shape index (κ2) is 10.9. The van der Waals surface area contributed by atoms with Crippen molar-refractivity contribution < 1.29 is 19.1 Å². The molecule has 0 aromatic heterocycles. The van der Waals surface area contributed by atoms with Crippen LogP contribution >= 0.6 is 0 Å². The van der Waals surface area contributed by atoms with Crippen LogP contribution in [0.5, 0.6) is 0 Å². The van der Waals surface area contributed by atoms with E-state index in [1.807, 2.05) is 12.1 Å². The highest BCUT2D eigenvalue weighted by Crippen LogP contribution is 2.40. The molecule has 1 aliphatic carbocycles. The van der Waals surface area contributed by atoms with E-state index in [9.17, 15) is 14.4 Å². The number of nitrogens with zero attached hydrogens (tertiary/aromatic N) is 5. The number of azide groups is 1. The first-order valence-electron chi connectivity index (χ1n) is 14.2. The van der Waals surface area contributed by atoms with E-state index in [1.165, 1.54) is 24.2 Å². The summed E-state index contributed by atoms with van der Waals surface area (Å²) < 4.78 is 5.63. The van der Waals surface area contributed by atoms with Gasteiger partial charge >= 0.3 is 0 Å². The van der Waals surface area contributed by atoms with Gasteiger partial charge in [-0.05, 0) is 79.3 Å². The van der Waals surface area contributed by atoms with E-state index in [1.54, 1.807) is 6.07 Å². The molecule has 210 valence electrons. The van der Waals surface area contributed by atoms with Crippen LogP contribution in [0.3, 0.4) is 0 Å². The van der Waals surface area contributed by atoms with Crippen LogP contribution in [0.1, 0.15) is 92.6 Å². The lowest BCUT2D eigenvalue weighted by molar-refractivity contribution is -0.138. The van der Waals surface area contributed by atoms with Crippen LogP contribution in [0.4, 0.5) is 0 Å². The quantitative estimate of drug-likeness (QED) is 0.320. The van der Waals surface area contributed by atoms with Gasteiger partial charge in [-0.3, -0.25) is 14.4 Å². The number of Topliss-reactive ketones (excluding diaryl/α,β-unsaturated/α-hetero) is 1. The van der Waals surface area contributed by atoms with E-state index in [2.05, 4.69) is 35.7 Å². The van der Waals surface area contributed by atoms with Gasteiger partial charge in [0.2, 0.25) is 11.8 Å². The van der Waals surface area contributed by atoms with Crippen molar-refractivity contribution in [2.24, 2.45) is 16.3 Å². The molecule has 4 fully saturated rings. The van der Waals surface area contributed by atoms with Gasteiger partial charge in [0.05, 0.1) is 18.1 Å². The fraction of sp³-hybridized carbons (Fsp3) is 0.690. The van der Waals surface area contributed by atoms with Crippen molar-refractivity contribution in [3.63, 3.8) is 0 Å². The topological polar surface area (TPSA) is 142 Å². The SMILES string of the molecule is CC(C)(C)C[C@H](C(=O)N1C[C@@H](N=[N+]=[N-])[C@H]2OCC(=O)[C@H]21)c1cc(C2CCN(C3CCC3)CC2)ccc1C(N)=O. The van der Waals surface area contributed by atoms with E-state index >= 15 is 0 Å². The monoisotopic (exact) mass is 536 g/mol. The number of piperidine rings is 1. The summed E-state index contributed by atoms with van der Waals surface area (Å²) in [5, 5.41) is 3.82. The molecule has 0 spiro atoms. The van der Waals surface area contributed by atoms with Gasteiger partial charge in [-0.15, -0.1) is 0 Å². The van der Waals surface area contributed by atoms with Gasteiger partial charge in [0, 0.05) is 23.1 Å². The predicted octanol–water partition coefficient (Wildman–Crippen LogP) is 3.89. The number of fused-ring (bicyclic) bond motifs is 1. The molecular weight excluding hydrogens is 496 g/mol. The van der Waals surface area contributed by atoms with Crippen molar-refractivity contribution in [3.05, 3.63) is 45.3 Å². The third kappa shape index (κ3) is 5.55. The average molecular weight is 537 g/mol. The highest BCUT2D eigenvalue weighted by molar-refractivity contribution is 5.99. The highest BCUT2D eigenvalue weighted by atomic mass is 16.5. The van der Waals surface area contributed by atoms with E-state index in [0.29, 0.717) is 23.5 Å². The minimum Gasteiger partial charge on any atom is -0.367 e. The number of rotatable bonds is 7. The summed E-state index contributed by atoms with van der Waals surface area (Å²) in [6, 6.07) is 5.09. The zero-order chi connectivity index (χ0) is 27.9.